The summed E-state index contributed by atoms with van der Waals surface area (Å²) < 4.78 is 9.41. The zero-order valence-corrected chi connectivity index (χ0v) is 11.2. The van der Waals surface area contributed by atoms with Crippen LogP contribution in [0.4, 0.5) is 0 Å². The summed E-state index contributed by atoms with van der Waals surface area (Å²) in [6, 6.07) is 1.79. The van der Waals surface area contributed by atoms with Gasteiger partial charge in [0.25, 0.3) is 5.89 Å². The molecule has 1 aliphatic heterocycles. The van der Waals surface area contributed by atoms with Gasteiger partial charge in [-0.3, -0.25) is 4.79 Å². The number of hydrogen-bond donors (Lipinski definition) is 0. The maximum absolute atomic E-state index is 12.3. The van der Waals surface area contributed by atoms with E-state index >= 15 is 0 Å². The Balaban J connectivity index is 1.76. The molecule has 1 amide bonds. The van der Waals surface area contributed by atoms with Crippen molar-refractivity contribution in [2.75, 3.05) is 13.1 Å². The average molecular weight is 278 g/mol. The normalized spacial score (nSPS) is 16.3. The Morgan fingerprint density at radius 1 is 1.21 bits per heavy atom. The van der Waals surface area contributed by atoms with E-state index in [-0.39, 0.29) is 11.8 Å². The lowest BCUT2D eigenvalue weighted by Crippen LogP contribution is -2.32. The molecule has 0 N–H and O–H groups in total. The number of rotatable bonds is 2. The third-order valence-electron chi connectivity index (χ3n) is 3.15. The topological polar surface area (TPSA) is 72.1 Å². The Morgan fingerprint density at radius 2 is 2.00 bits per heavy atom. The van der Waals surface area contributed by atoms with Crippen molar-refractivity contribution in [2.45, 2.75) is 25.7 Å². The van der Waals surface area contributed by atoms with Crippen LogP contribution in [0.1, 0.15) is 36.4 Å². The standard InChI is InChI=1S/C12H14N4O2S/c17-12(16-7-3-1-2-4-8-16)11-15-14-10(18-11)9-5-6-13-19-9/h5-6H,1-4,7-8H2. The first kappa shape index (κ1) is 12.3. The van der Waals surface area contributed by atoms with Gasteiger partial charge in [-0.15, -0.1) is 10.2 Å². The molecule has 2 aromatic rings. The molecule has 0 aliphatic carbocycles. The van der Waals surface area contributed by atoms with Crippen LogP contribution in [0.3, 0.4) is 0 Å². The number of likely N-dealkylation sites (tertiary alicyclic amines) is 1. The maximum atomic E-state index is 12.3. The zero-order chi connectivity index (χ0) is 13.1. The van der Waals surface area contributed by atoms with Gasteiger partial charge < -0.3 is 9.32 Å². The van der Waals surface area contributed by atoms with Crippen LogP contribution in [-0.4, -0.2) is 38.5 Å². The second-order valence-corrected chi connectivity index (χ2v) is 5.33. The molecule has 1 aliphatic rings. The number of hydrogen-bond acceptors (Lipinski definition) is 6. The summed E-state index contributed by atoms with van der Waals surface area (Å²) in [6.45, 7) is 1.55. The minimum absolute atomic E-state index is 0.0744. The van der Waals surface area contributed by atoms with Crippen molar-refractivity contribution in [1.29, 1.82) is 0 Å². The Hall–Kier alpha value is -1.76. The lowest BCUT2D eigenvalue weighted by Gasteiger charge is -2.17. The van der Waals surface area contributed by atoms with Gasteiger partial charge in [0.05, 0.1) is 0 Å². The SMILES string of the molecule is O=C(c1nnc(-c2ccns2)o1)N1CCCCCC1. The summed E-state index contributed by atoms with van der Waals surface area (Å²) in [5.41, 5.74) is 0. The highest BCUT2D eigenvalue weighted by atomic mass is 32.1. The molecule has 0 saturated carbocycles. The van der Waals surface area contributed by atoms with Crippen LogP contribution >= 0.6 is 11.5 Å². The van der Waals surface area contributed by atoms with Gasteiger partial charge in [0, 0.05) is 19.3 Å². The van der Waals surface area contributed by atoms with E-state index in [0.717, 1.165) is 30.8 Å². The molecule has 0 aromatic carbocycles. The molecular formula is C12H14N4O2S. The zero-order valence-electron chi connectivity index (χ0n) is 10.4. The second-order valence-electron chi connectivity index (χ2n) is 4.50. The third-order valence-corrected chi connectivity index (χ3v) is 3.88. The van der Waals surface area contributed by atoms with E-state index in [1.165, 1.54) is 24.4 Å². The van der Waals surface area contributed by atoms with Crippen LogP contribution in [0.15, 0.2) is 16.7 Å². The monoisotopic (exact) mass is 278 g/mol. The summed E-state index contributed by atoms with van der Waals surface area (Å²) in [5.74, 6) is 0.274. The summed E-state index contributed by atoms with van der Waals surface area (Å²) in [5, 5.41) is 7.75. The van der Waals surface area contributed by atoms with E-state index in [2.05, 4.69) is 14.6 Å². The van der Waals surface area contributed by atoms with Crippen LogP contribution in [0, 0.1) is 0 Å². The van der Waals surface area contributed by atoms with Crippen LogP contribution in [0.25, 0.3) is 10.8 Å². The van der Waals surface area contributed by atoms with E-state index in [1.807, 2.05) is 0 Å². The van der Waals surface area contributed by atoms with Gasteiger partial charge in [-0.2, -0.15) is 0 Å². The molecule has 3 heterocycles. The molecule has 1 fully saturated rings. The Morgan fingerprint density at radius 3 is 2.68 bits per heavy atom. The quantitative estimate of drug-likeness (QED) is 0.842. The van der Waals surface area contributed by atoms with E-state index < -0.39 is 0 Å². The molecule has 7 heteroatoms. The minimum atomic E-state index is -0.162. The molecule has 100 valence electrons. The van der Waals surface area contributed by atoms with Gasteiger partial charge in [0.1, 0.15) is 4.88 Å². The number of amides is 1. The predicted molar refractivity (Wildman–Crippen MR) is 69.8 cm³/mol. The smallest absolute Gasteiger partial charge is 0.311 e. The van der Waals surface area contributed by atoms with Gasteiger partial charge in [-0.25, -0.2) is 4.37 Å². The van der Waals surface area contributed by atoms with Gasteiger partial charge >= 0.3 is 11.8 Å². The molecule has 2 aromatic heterocycles. The van der Waals surface area contributed by atoms with E-state index in [4.69, 9.17) is 4.42 Å². The Kier molecular flexibility index (Phi) is 3.54. The molecule has 0 bridgehead atoms. The Bertz CT molecular complexity index is 544. The van der Waals surface area contributed by atoms with Gasteiger partial charge in [0.15, 0.2) is 0 Å². The van der Waals surface area contributed by atoms with Crippen molar-refractivity contribution >= 4 is 17.4 Å². The largest absolute Gasteiger partial charge is 0.411 e. The van der Waals surface area contributed by atoms with Crippen molar-refractivity contribution in [3.63, 3.8) is 0 Å². The summed E-state index contributed by atoms with van der Waals surface area (Å²) in [7, 11) is 0. The number of nitrogens with zero attached hydrogens (tertiary/aromatic N) is 4. The fourth-order valence-corrected chi connectivity index (χ4v) is 2.66. The van der Waals surface area contributed by atoms with Gasteiger partial charge in [0.2, 0.25) is 0 Å². The second kappa shape index (κ2) is 5.48. The fourth-order valence-electron chi connectivity index (χ4n) is 2.14. The summed E-state index contributed by atoms with van der Waals surface area (Å²) in [6.07, 6.45) is 6.11. The average Bonchev–Trinajstić information content (AvgIpc) is 3.04. The summed E-state index contributed by atoms with van der Waals surface area (Å²) in [4.78, 5) is 14.8. The van der Waals surface area contributed by atoms with Crippen molar-refractivity contribution < 1.29 is 9.21 Å². The fraction of sp³-hybridized carbons (Fsp3) is 0.500. The lowest BCUT2D eigenvalue weighted by molar-refractivity contribution is 0.0722. The van der Waals surface area contributed by atoms with Gasteiger partial charge in [-0.05, 0) is 30.4 Å². The lowest BCUT2D eigenvalue weighted by atomic mass is 10.2. The first-order valence-corrected chi connectivity index (χ1v) is 7.16. The van der Waals surface area contributed by atoms with Crippen molar-refractivity contribution in [3.8, 4) is 10.8 Å². The van der Waals surface area contributed by atoms with Crippen LogP contribution < -0.4 is 0 Å². The predicted octanol–water partition coefficient (Wildman–Crippen LogP) is 2.21. The van der Waals surface area contributed by atoms with E-state index in [0.29, 0.717) is 5.89 Å². The molecule has 6 nitrogen and oxygen atoms in total. The van der Waals surface area contributed by atoms with Crippen molar-refractivity contribution in [2.24, 2.45) is 0 Å². The first-order chi connectivity index (χ1) is 9.34. The minimum Gasteiger partial charge on any atom is -0.411 e. The Labute approximate surface area is 114 Å². The van der Waals surface area contributed by atoms with E-state index in [1.54, 1.807) is 17.2 Å². The molecule has 1 saturated heterocycles. The van der Waals surface area contributed by atoms with Crippen molar-refractivity contribution in [1.82, 2.24) is 19.5 Å². The molecule has 0 spiro atoms. The maximum Gasteiger partial charge on any atom is 0.311 e. The highest BCUT2D eigenvalue weighted by molar-refractivity contribution is 7.09. The molecular weight excluding hydrogens is 264 g/mol. The molecule has 0 unspecified atom stereocenters. The molecule has 19 heavy (non-hydrogen) atoms. The molecule has 0 radical (unpaired) electrons. The van der Waals surface area contributed by atoms with Crippen LogP contribution in [0.5, 0.6) is 0 Å². The molecule has 3 rings (SSSR count). The molecule has 0 atom stereocenters. The van der Waals surface area contributed by atoms with E-state index in [9.17, 15) is 4.79 Å². The third kappa shape index (κ3) is 2.65. The van der Waals surface area contributed by atoms with Crippen LogP contribution in [0.2, 0.25) is 0 Å². The van der Waals surface area contributed by atoms with Crippen LogP contribution in [-0.2, 0) is 0 Å². The number of carbonyl (C=O) groups is 1. The number of carbonyl (C=O) groups excluding carboxylic acids is 1. The summed E-state index contributed by atoms with van der Waals surface area (Å²) >= 11 is 1.27. The highest BCUT2D eigenvalue weighted by Crippen LogP contribution is 2.22. The number of aromatic nitrogens is 3. The highest BCUT2D eigenvalue weighted by Gasteiger charge is 2.23. The van der Waals surface area contributed by atoms with Crippen molar-refractivity contribution in [3.05, 3.63) is 18.2 Å². The van der Waals surface area contributed by atoms with Gasteiger partial charge in [-0.1, -0.05) is 12.8 Å². The first-order valence-electron chi connectivity index (χ1n) is 6.38.